The predicted octanol–water partition coefficient (Wildman–Crippen LogP) is -0.194. The van der Waals surface area contributed by atoms with Gasteiger partial charge in [-0.05, 0) is 18.6 Å². The molecule has 1 amide bonds. The van der Waals surface area contributed by atoms with Gasteiger partial charge in [-0.25, -0.2) is 0 Å². The number of Topliss-reactive ketones (excluding diaryl/α,β-unsaturated/α-hetero) is 2. The van der Waals surface area contributed by atoms with Gasteiger partial charge in [-0.1, -0.05) is 0 Å². The van der Waals surface area contributed by atoms with Crippen LogP contribution < -0.4 is 10.9 Å². The number of nitrogens with zero attached hydrogens (tertiary/aromatic N) is 1. The van der Waals surface area contributed by atoms with Gasteiger partial charge < -0.3 is 9.88 Å². The fourth-order valence-electron chi connectivity index (χ4n) is 2.03. The van der Waals surface area contributed by atoms with Gasteiger partial charge in [-0.15, -0.1) is 0 Å². The minimum atomic E-state index is -0.671. The Morgan fingerprint density at radius 2 is 2.11 bits per heavy atom. The monoisotopic (exact) mass is 262 g/mol. The van der Waals surface area contributed by atoms with Gasteiger partial charge in [-0.3, -0.25) is 19.2 Å². The molecule has 1 aromatic rings. The minimum Gasteiger partial charge on any atom is -0.342 e. The van der Waals surface area contributed by atoms with Crippen molar-refractivity contribution in [2.45, 2.75) is 25.3 Å². The number of carbonyl (C=O) groups is 3. The Hall–Kier alpha value is -2.24. The molecule has 6 nitrogen and oxygen atoms in total. The van der Waals surface area contributed by atoms with Crippen LogP contribution in [0.2, 0.25) is 0 Å². The van der Waals surface area contributed by atoms with E-state index in [1.165, 1.54) is 10.6 Å². The molecule has 1 aliphatic carbocycles. The molecule has 19 heavy (non-hydrogen) atoms. The highest BCUT2D eigenvalue weighted by molar-refractivity contribution is 6.06. The molecule has 1 atom stereocenters. The van der Waals surface area contributed by atoms with Gasteiger partial charge in [0.1, 0.15) is 11.3 Å². The molecule has 0 bridgehead atoms. The molecule has 1 fully saturated rings. The van der Waals surface area contributed by atoms with E-state index in [1.807, 2.05) is 0 Å². The van der Waals surface area contributed by atoms with Gasteiger partial charge in [0.05, 0.1) is 12.5 Å². The number of amides is 1. The largest absolute Gasteiger partial charge is 0.342 e. The van der Waals surface area contributed by atoms with E-state index in [9.17, 15) is 19.2 Å². The number of pyridine rings is 1. The second-order valence-corrected chi connectivity index (χ2v) is 4.58. The van der Waals surface area contributed by atoms with Gasteiger partial charge in [0, 0.05) is 19.7 Å². The van der Waals surface area contributed by atoms with Crippen LogP contribution in [-0.2, 0) is 16.6 Å². The minimum absolute atomic E-state index is 0.00491. The van der Waals surface area contributed by atoms with Crippen molar-refractivity contribution in [1.29, 1.82) is 0 Å². The van der Waals surface area contributed by atoms with Crippen LogP contribution in [0.3, 0.4) is 0 Å². The highest BCUT2D eigenvalue weighted by Gasteiger charge is 2.28. The third-order valence-electron chi connectivity index (χ3n) is 3.15. The summed E-state index contributed by atoms with van der Waals surface area (Å²) in [6, 6.07) is 2.33. The van der Waals surface area contributed by atoms with E-state index in [-0.39, 0.29) is 30.0 Å². The summed E-state index contributed by atoms with van der Waals surface area (Å²) >= 11 is 0. The van der Waals surface area contributed by atoms with Crippen LogP contribution in [-0.4, -0.2) is 28.1 Å². The first-order valence-electron chi connectivity index (χ1n) is 6.00. The Balaban J connectivity index is 2.13. The van der Waals surface area contributed by atoms with E-state index in [0.29, 0.717) is 6.42 Å². The average Bonchev–Trinajstić information content (AvgIpc) is 2.36. The Morgan fingerprint density at radius 1 is 1.37 bits per heavy atom. The molecule has 1 unspecified atom stereocenters. The van der Waals surface area contributed by atoms with Gasteiger partial charge in [0.25, 0.3) is 11.5 Å². The molecule has 0 aliphatic heterocycles. The molecule has 1 saturated carbocycles. The summed E-state index contributed by atoms with van der Waals surface area (Å²) in [4.78, 5) is 46.4. The summed E-state index contributed by atoms with van der Waals surface area (Å²) in [7, 11) is 1.55. The van der Waals surface area contributed by atoms with Crippen molar-refractivity contribution in [2.75, 3.05) is 0 Å². The van der Waals surface area contributed by atoms with Crippen molar-refractivity contribution in [1.82, 2.24) is 9.88 Å². The Labute approximate surface area is 109 Å². The average molecular weight is 262 g/mol. The number of carbonyl (C=O) groups excluding carboxylic acids is 3. The summed E-state index contributed by atoms with van der Waals surface area (Å²) < 4.78 is 1.29. The Bertz CT molecular complexity index is 603. The molecule has 100 valence electrons. The summed E-state index contributed by atoms with van der Waals surface area (Å²) in [6.07, 6.45) is 1.99. The van der Waals surface area contributed by atoms with Crippen LogP contribution in [0.4, 0.5) is 0 Å². The molecular formula is C13H14N2O4. The van der Waals surface area contributed by atoms with Crippen molar-refractivity contribution in [2.24, 2.45) is 7.05 Å². The smallest absolute Gasteiger partial charge is 0.263 e. The van der Waals surface area contributed by atoms with Crippen LogP contribution in [0.15, 0.2) is 23.1 Å². The number of nitrogens with one attached hydrogen (secondary N) is 1. The number of aryl methyl sites for hydroxylation is 1. The van der Waals surface area contributed by atoms with Gasteiger partial charge in [0.2, 0.25) is 0 Å². The molecule has 1 heterocycles. The third-order valence-corrected chi connectivity index (χ3v) is 3.15. The maximum atomic E-state index is 12.0. The maximum Gasteiger partial charge on any atom is 0.263 e. The number of aromatic nitrogens is 1. The quantitative estimate of drug-likeness (QED) is 0.748. The first-order valence-corrected chi connectivity index (χ1v) is 6.00. The summed E-state index contributed by atoms with van der Waals surface area (Å²) in [5.74, 6) is -0.975. The summed E-state index contributed by atoms with van der Waals surface area (Å²) in [5, 5.41) is 2.52. The van der Waals surface area contributed by atoms with Crippen molar-refractivity contribution in [3.05, 3.63) is 34.2 Å². The number of hydrogen-bond donors (Lipinski definition) is 1. The van der Waals surface area contributed by atoms with Crippen molar-refractivity contribution < 1.29 is 14.4 Å². The van der Waals surface area contributed by atoms with Crippen molar-refractivity contribution in [3.8, 4) is 0 Å². The molecule has 2 rings (SSSR count). The van der Waals surface area contributed by atoms with Gasteiger partial charge in [0.15, 0.2) is 5.78 Å². The van der Waals surface area contributed by atoms with Crippen molar-refractivity contribution in [3.63, 3.8) is 0 Å². The molecule has 1 N–H and O–H groups in total. The van der Waals surface area contributed by atoms with E-state index >= 15 is 0 Å². The van der Waals surface area contributed by atoms with Crippen LogP contribution in [0.25, 0.3) is 0 Å². The van der Waals surface area contributed by atoms with E-state index in [2.05, 4.69) is 5.32 Å². The summed E-state index contributed by atoms with van der Waals surface area (Å²) in [6.45, 7) is 0. The van der Waals surface area contributed by atoms with E-state index in [4.69, 9.17) is 0 Å². The molecule has 1 aromatic heterocycles. The van der Waals surface area contributed by atoms with Gasteiger partial charge in [-0.2, -0.15) is 0 Å². The molecular weight excluding hydrogens is 248 g/mol. The lowest BCUT2D eigenvalue weighted by molar-refractivity contribution is -0.131. The zero-order valence-corrected chi connectivity index (χ0v) is 10.5. The molecule has 0 radical (unpaired) electrons. The first kappa shape index (κ1) is 13.2. The molecule has 0 spiro atoms. The SMILES string of the molecule is Cn1cccc(C(=O)NC2CCC(=O)CC2=O)c1=O. The third kappa shape index (κ3) is 2.78. The number of ketones is 2. The standard InChI is InChI=1S/C13H14N2O4/c1-15-6-2-3-9(13(15)19)12(18)14-10-5-4-8(16)7-11(10)17/h2-3,6,10H,4-5,7H2,1H3,(H,14,18). The topological polar surface area (TPSA) is 85.2 Å². The second-order valence-electron chi connectivity index (χ2n) is 4.58. The highest BCUT2D eigenvalue weighted by atomic mass is 16.2. The van der Waals surface area contributed by atoms with Crippen LogP contribution in [0.1, 0.15) is 29.6 Å². The zero-order chi connectivity index (χ0) is 14.0. The lowest BCUT2D eigenvalue weighted by Crippen LogP contribution is -2.45. The lowest BCUT2D eigenvalue weighted by Gasteiger charge is -2.20. The van der Waals surface area contributed by atoms with Crippen LogP contribution in [0.5, 0.6) is 0 Å². The van der Waals surface area contributed by atoms with E-state index < -0.39 is 17.5 Å². The molecule has 6 heteroatoms. The number of hydrogen-bond acceptors (Lipinski definition) is 4. The van der Waals surface area contributed by atoms with Crippen LogP contribution >= 0.6 is 0 Å². The van der Waals surface area contributed by atoms with Gasteiger partial charge >= 0.3 is 0 Å². The molecule has 1 aliphatic rings. The van der Waals surface area contributed by atoms with Crippen LogP contribution in [0, 0.1) is 0 Å². The summed E-state index contributed by atoms with van der Waals surface area (Å²) in [5.41, 5.74) is -0.422. The highest BCUT2D eigenvalue weighted by Crippen LogP contribution is 2.12. The maximum absolute atomic E-state index is 12.0. The fraction of sp³-hybridized carbons (Fsp3) is 0.385. The number of rotatable bonds is 2. The predicted molar refractivity (Wildman–Crippen MR) is 66.8 cm³/mol. The Kier molecular flexibility index (Phi) is 3.59. The van der Waals surface area contributed by atoms with E-state index in [1.54, 1.807) is 19.3 Å². The molecule has 0 aromatic carbocycles. The Morgan fingerprint density at radius 3 is 2.79 bits per heavy atom. The zero-order valence-electron chi connectivity index (χ0n) is 10.5. The van der Waals surface area contributed by atoms with Crippen molar-refractivity contribution >= 4 is 17.5 Å². The molecule has 0 saturated heterocycles. The second kappa shape index (κ2) is 5.17. The van der Waals surface area contributed by atoms with E-state index in [0.717, 1.165) is 0 Å². The first-order chi connectivity index (χ1) is 8.99. The lowest BCUT2D eigenvalue weighted by atomic mass is 9.93. The normalized spacial score (nSPS) is 19.3. The fourth-order valence-corrected chi connectivity index (χ4v) is 2.03.